The van der Waals surface area contributed by atoms with Crippen LogP contribution in [0.15, 0.2) is 30.3 Å². The van der Waals surface area contributed by atoms with Crippen LogP contribution in [0.4, 0.5) is 0 Å². The number of piperidine rings is 1. The van der Waals surface area contributed by atoms with E-state index in [0.717, 1.165) is 32.4 Å². The lowest BCUT2D eigenvalue weighted by atomic mass is 10.0. The fourth-order valence-electron chi connectivity index (χ4n) is 5.68. The lowest BCUT2D eigenvalue weighted by molar-refractivity contribution is -0.130. The predicted octanol–water partition coefficient (Wildman–Crippen LogP) is 2.71. The molecule has 0 bridgehead atoms. The Hall–Kier alpha value is -3.28. The Kier molecular flexibility index (Phi) is 7.51. The number of carbonyl (C=O) groups excluding carboxylic acids is 2. The molecule has 1 atom stereocenters. The molecular weight excluding hydrogens is 482 g/mol. The summed E-state index contributed by atoms with van der Waals surface area (Å²) in [5, 5.41) is 11.0. The predicted molar refractivity (Wildman–Crippen MR) is 142 cm³/mol. The summed E-state index contributed by atoms with van der Waals surface area (Å²) in [6, 6.07) is 15.5. The highest BCUT2D eigenvalue weighted by Crippen LogP contribution is 2.34. The lowest BCUT2D eigenvalue weighted by Crippen LogP contribution is -2.48. The molecule has 0 saturated carbocycles. The summed E-state index contributed by atoms with van der Waals surface area (Å²) in [5.41, 5.74) is 2.25. The number of hydrogen-bond donors (Lipinski definition) is 1. The molecule has 3 heterocycles. The third kappa shape index (κ3) is 6.06. The first-order valence-corrected chi connectivity index (χ1v) is 13.5. The van der Waals surface area contributed by atoms with Gasteiger partial charge in [0.05, 0.1) is 18.2 Å². The molecule has 1 fully saturated rings. The van der Waals surface area contributed by atoms with Crippen molar-refractivity contribution in [1.29, 1.82) is 0 Å². The fraction of sp³-hybridized carbons (Fsp3) is 0.533. The van der Waals surface area contributed by atoms with Crippen molar-refractivity contribution in [1.82, 2.24) is 14.7 Å². The van der Waals surface area contributed by atoms with Crippen LogP contribution in [0.3, 0.4) is 0 Å². The maximum Gasteiger partial charge on any atom is 0.257 e. The zero-order valence-corrected chi connectivity index (χ0v) is 22.5. The third-order valence-electron chi connectivity index (χ3n) is 7.57. The van der Waals surface area contributed by atoms with Crippen molar-refractivity contribution in [2.75, 3.05) is 39.3 Å². The summed E-state index contributed by atoms with van der Waals surface area (Å²) in [6.45, 7) is 9.57. The number of carbonyl (C=O) groups is 2. The topological polar surface area (TPSA) is 82.6 Å². The van der Waals surface area contributed by atoms with Crippen LogP contribution < -0.4 is 9.47 Å². The van der Waals surface area contributed by atoms with E-state index in [4.69, 9.17) is 9.47 Å². The molecule has 0 aromatic heterocycles. The Morgan fingerprint density at radius 1 is 1.21 bits per heavy atom. The van der Waals surface area contributed by atoms with E-state index >= 15 is 0 Å². The Labute approximate surface area is 225 Å². The van der Waals surface area contributed by atoms with Crippen molar-refractivity contribution >= 4 is 11.8 Å². The summed E-state index contributed by atoms with van der Waals surface area (Å²) in [7, 11) is 0. The molecule has 2 amide bonds. The monoisotopic (exact) mass is 519 g/mol. The zero-order valence-electron chi connectivity index (χ0n) is 22.5. The molecule has 8 heteroatoms. The first-order chi connectivity index (χ1) is 18.2. The number of benzene rings is 1. The van der Waals surface area contributed by atoms with Crippen molar-refractivity contribution in [2.24, 2.45) is 0 Å². The van der Waals surface area contributed by atoms with Gasteiger partial charge in [-0.15, -0.1) is 0 Å². The van der Waals surface area contributed by atoms with Gasteiger partial charge in [-0.25, -0.2) is 0 Å². The minimum Gasteiger partial charge on any atom is -0.490 e. The number of fused-ring (bicyclic) bond motifs is 2. The van der Waals surface area contributed by atoms with Crippen molar-refractivity contribution in [3.8, 4) is 11.5 Å². The minimum absolute atomic E-state index is 0.0163. The number of rotatable bonds is 6. The molecule has 3 aliphatic heterocycles. The van der Waals surface area contributed by atoms with Crippen LogP contribution in [0.25, 0.3) is 0 Å². The van der Waals surface area contributed by atoms with Crippen LogP contribution in [0.1, 0.15) is 55.1 Å². The molecule has 3 aliphatic rings. The Bertz CT molecular complexity index is 1170. The van der Waals surface area contributed by atoms with E-state index in [1.807, 2.05) is 30.9 Å². The van der Waals surface area contributed by atoms with Gasteiger partial charge in [0, 0.05) is 70.7 Å². The summed E-state index contributed by atoms with van der Waals surface area (Å²) < 4.78 is 12.5. The van der Waals surface area contributed by atoms with E-state index in [0.29, 0.717) is 43.2 Å². The molecule has 1 N–H and O–H groups in total. The highest BCUT2D eigenvalue weighted by atomic mass is 16.5. The van der Waals surface area contributed by atoms with E-state index in [-0.39, 0.29) is 24.5 Å². The lowest BCUT2D eigenvalue weighted by Gasteiger charge is -2.33. The molecule has 38 heavy (non-hydrogen) atoms. The van der Waals surface area contributed by atoms with Crippen molar-refractivity contribution in [2.45, 2.75) is 64.4 Å². The highest BCUT2D eigenvalue weighted by Gasteiger charge is 2.35. The number of aliphatic hydroxyl groups is 1. The second-order valence-corrected chi connectivity index (χ2v) is 11.3. The van der Waals surface area contributed by atoms with E-state index in [9.17, 15) is 14.7 Å². The summed E-state index contributed by atoms with van der Waals surface area (Å²) in [6.07, 6.45) is 1.76. The maximum absolute atomic E-state index is 13.6. The van der Waals surface area contributed by atoms with Crippen LogP contribution >= 0.6 is 0 Å². The largest absolute Gasteiger partial charge is 0.490 e. The first-order valence-electron chi connectivity index (χ1n) is 13.5. The molecule has 0 spiro atoms. The van der Waals surface area contributed by atoms with Crippen LogP contribution in [0.2, 0.25) is 0 Å². The Morgan fingerprint density at radius 3 is 2.76 bits per heavy atom. The van der Waals surface area contributed by atoms with E-state index in [2.05, 4.69) is 23.1 Å². The number of β-amino-alcohol motifs (C(OH)–C–C–N with tert-alkyl or cyclic N) is 1. The van der Waals surface area contributed by atoms with Gasteiger partial charge in [-0.1, -0.05) is 12.1 Å². The molecular formula is C30H37N3O5. The summed E-state index contributed by atoms with van der Waals surface area (Å²) >= 11 is 0. The second-order valence-electron chi connectivity index (χ2n) is 11.3. The van der Waals surface area contributed by atoms with E-state index in [1.54, 1.807) is 24.0 Å². The van der Waals surface area contributed by atoms with Crippen LogP contribution in [-0.2, 0) is 17.8 Å². The number of amides is 2. The Morgan fingerprint density at radius 2 is 2.00 bits per heavy atom. The fourth-order valence-corrected chi connectivity index (χ4v) is 5.68. The van der Waals surface area contributed by atoms with Crippen molar-refractivity contribution in [3.63, 3.8) is 0 Å². The van der Waals surface area contributed by atoms with E-state index in [1.165, 1.54) is 11.1 Å². The van der Waals surface area contributed by atoms with Gasteiger partial charge >= 0.3 is 0 Å². The van der Waals surface area contributed by atoms with Crippen LogP contribution in [-0.4, -0.2) is 88.7 Å². The second kappa shape index (κ2) is 10.8. The smallest absolute Gasteiger partial charge is 0.257 e. The molecule has 2 aromatic carbocycles. The molecule has 0 radical (unpaired) electrons. The molecule has 1 unspecified atom stereocenters. The van der Waals surface area contributed by atoms with Gasteiger partial charge in [-0.2, -0.15) is 0 Å². The van der Waals surface area contributed by atoms with Gasteiger partial charge in [0.25, 0.3) is 5.91 Å². The van der Waals surface area contributed by atoms with E-state index < -0.39 is 11.7 Å². The summed E-state index contributed by atoms with van der Waals surface area (Å²) in [5.74, 6) is 1.09. The normalized spacial score (nSPS) is 20.5. The molecule has 8 nitrogen and oxygen atoms in total. The maximum atomic E-state index is 13.6. The molecule has 202 valence electrons. The highest BCUT2D eigenvalue weighted by molar-refractivity contribution is 5.97. The summed E-state index contributed by atoms with van der Waals surface area (Å²) in [4.78, 5) is 30.9. The van der Waals surface area contributed by atoms with Gasteiger partial charge in [0.1, 0.15) is 23.2 Å². The van der Waals surface area contributed by atoms with Crippen LogP contribution in [0, 0.1) is 12.1 Å². The van der Waals surface area contributed by atoms with Crippen LogP contribution in [0.5, 0.6) is 11.5 Å². The minimum atomic E-state index is -0.680. The molecule has 5 rings (SSSR count). The number of hydrogen-bond acceptors (Lipinski definition) is 6. The van der Waals surface area contributed by atoms with Gasteiger partial charge in [-0.05, 0) is 50.1 Å². The average molecular weight is 520 g/mol. The zero-order chi connectivity index (χ0) is 26.9. The Balaban J connectivity index is 1.23. The number of aliphatic hydroxyl groups excluding tert-OH is 1. The quantitative estimate of drug-likeness (QED) is 0.632. The van der Waals surface area contributed by atoms with Crippen molar-refractivity contribution in [3.05, 3.63) is 59.2 Å². The van der Waals surface area contributed by atoms with Crippen molar-refractivity contribution < 1.29 is 24.2 Å². The SMILES string of the molecule is CC(=O)N1CCC(Oc2ccc3c(c2)OC(C)(C)CN(CC(O)CN2CCc4c#cccc4C2)C3=O)CC1. The van der Waals surface area contributed by atoms with Gasteiger partial charge in [0.2, 0.25) is 5.91 Å². The molecule has 0 aliphatic carbocycles. The van der Waals surface area contributed by atoms with Gasteiger partial charge in [-0.3, -0.25) is 14.5 Å². The molecule has 2 aromatic rings. The number of likely N-dealkylation sites (tertiary alicyclic amines) is 1. The van der Waals surface area contributed by atoms with Gasteiger partial charge in [0.15, 0.2) is 0 Å². The average Bonchev–Trinajstić information content (AvgIpc) is 2.96. The standard InChI is InChI=1S/C30H37N3O5/c1-21(34)32-14-11-25(12-15-32)37-26-8-9-27-28(16-26)38-30(2,3)20-33(29(27)36)19-24(35)18-31-13-10-22-6-4-5-7-23(22)17-31/h5,7-9,16,24-25,35H,10-15,17-20H2,1-3H3. The first kappa shape index (κ1) is 26.3. The third-order valence-corrected chi connectivity index (χ3v) is 7.57. The number of ether oxygens (including phenoxy) is 2. The molecule has 1 saturated heterocycles. The number of nitrogens with zero attached hydrogens (tertiary/aromatic N) is 3. The van der Waals surface area contributed by atoms with Gasteiger partial charge < -0.3 is 24.4 Å².